The maximum absolute atomic E-state index is 12.4. The number of aromatic nitrogens is 2. The van der Waals surface area contributed by atoms with Crippen molar-refractivity contribution in [2.45, 2.75) is 26.5 Å². The van der Waals surface area contributed by atoms with Crippen molar-refractivity contribution in [3.8, 4) is 0 Å². The molecular weight excluding hydrogens is 266 g/mol. The fourth-order valence-corrected chi connectivity index (χ4v) is 2.71. The minimum Gasteiger partial charge on any atom is -0.377 e. The van der Waals surface area contributed by atoms with Crippen molar-refractivity contribution in [3.63, 3.8) is 0 Å². The van der Waals surface area contributed by atoms with Crippen LogP contribution in [-0.4, -0.2) is 33.9 Å². The number of aromatic amines is 1. The van der Waals surface area contributed by atoms with Gasteiger partial charge in [-0.3, -0.25) is 9.78 Å². The zero-order chi connectivity index (χ0) is 14.7. The minimum absolute atomic E-state index is 0.0425. The van der Waals surface area contributed by atoms with Crippen LogP contribution in [0.5, 0.6) is 0 Å². The van der Waals surface area contributed by atoms with E-state index >= 15 is 0 Å². The number of carbonyl (C=O) groups excluding carboxylic acids is 1. The van der Waals surface area contributed by atoms with E-state index in [4.69, 9.17) is 4.74 Å². The monoisotopic (exact) mass is 285 g/mol. The molecular formula is C16H19N3O2. The molecule has 0 aliphatic carbocycles. The van der Waals surface area contributed by atoms with Crippen LogP contribution in [0.25, 0.3) is 0 Å². The molecule has 0 radical (unpaired) electrons. The number of fused-ring (bicyclic) bond motifs is 1. The number of nitrogens with one attached hydrogen (secondary N) is 1. The quantitative estimate of drug-likeness (QED) is 0.936. The Morgan fingerprint density at radius 1 is 1.48 bits per heavy atom. The number of nitrogens with zero attached hydrogens (tertiary/aromatic N) is 2. The summed E-state index contributed by atoms with van der Waals surface area (Å²) in [6, 6.07) is 3.65. The molecule has 21 heavy (non-hydrogen) atoms. The average molecular weight is 285 g/mol. The molecule has 3 heterocycles. The number of hydrogen-bond donors (Lipinski definition) is 1. The molecule has 0 fully saturated rings. The van der Waals surface area contributed by atoms with Crippen molar-refractivity contribution >= 4 is 5.91 Å². The second kappa shape index (κ2) is 6.10. The van der Waals surface area contributed by atoms with Gasteiger partial charge in [-0.25, -0.2) is 0 Å². The second-order valence-electron chi connectivity index (χ2n) is 5.13. The third-order valence-corrected chi connectivity index (χ3v) is 3.81. The first kappa shape index (κ1) is 13.8. The topological polar surface area (TPSA) is 58.2 Å². The van der Waals surface area contributed by atoms with Crippen LogP contribution in [-0.2, 0) is 24.3 Å². The molecule has 0 spiro atoms. The number of rotatable bonds is 4. The number of H-pyrrole nitrogens is 1. The highest BCUT2D eigenvalue weighted by atomic mass is 16.5. The Morgan fingerprint density at radius 2 is 2.38 bits per heavy atom. The summed E-state index contributed by atoms with van der Waals surface area (Å²) in [6.07, 6.45) is 6.36. The lowest BCUT2D eigenvalue weighted by molar-refractivity contribution is 0.0727. The lowest BCUT2D eigenvalue weighted by Gasteiger charge is -2.29. The van der Waals surface area contributed by atoms with E-state index in [1.807, 2.05) is 36.4 Å². The van der Waals surface area contributed by atoms with Crippen LogP contribution in [0, 0.1) is 0 Å². The highest BCUT2D eigenvalue weighted by Crippen LogP contribution is 2.23. The summed E-state index contributed by atoms with van der Waals surface area (Å²) in [7, 11) is 0. The number of pyridine rings is 1. The van der Waals surface area contributed by atoms with Crippen LogP contribution >= 0.6 is 0 Å². The van der Waals surface area contributed by atoms with Gasteiger partial charge < -0.3 is 14.6 Å². The molecule has 0 unspecified atom stereocenters. The van der Waals surface area contributed by atoms with Gasteiger partial charge in [-0.05, 0) is 42.2 Å². The Hall–Kier alpha value is -2.14. The van der Waals surface area contributed by atoms with Crippen molar-refractivity contribution in [1.29, 1.82) is 0 Å². The zero-order valence-corrected chi connectivity index (χ0v) is 12.1. The Morgan fingerprint density at radius 3 is 3.14 bits per heavy atom. The Kier molecular flexibility index (Phi) is 4.01. The number of ether oxygens (including phenoxy) is 1. The van der Waals surface area contributed by atoms with Gasteiger partial charge in [0.1, 0.15) is 5.69 Å². The van der Waals surface area contributed by atoms with E-state index in [9.17, 15) is 4.79 Å². The van der Waals surface area contributed by atoms with Crippen molar-refractivity contribution in [2.75, 3.05) is 13.2 Å². The van der Waals surface area contributed by atoms with Gasteiger partial charge in [-0.2, -0.15) is 0 Å². The summed E-state index contributed by atoms with van der Waals surface area (Å²) in [6.45, 7) is 4.62. The van der Waals surface area contributed by atoms with Crippen LogP contribution in [0.3, 0.4) is 0 Å². The fraction of sp³-hybridized carbons (Fsp3) is 0.375. The van der Waals surface area contributed by atoms with Gasteiger partial charge in [-0.15, -0.1) is 0 Å². The first-order valence-corrected chi connectivity index (χ1v) is 7.24. The van der Waals surface area contributed by atoms with Crippen LogP contribution in [0.2, 0.25) is 0 Å². The molecule has 0 aromatic carbocycles. The van der Waals surface area contributed by atoms with Gasteiger partial charge in [0.25, 0.3) is 5.91 Å². The van der Waals surface area contributed by atoms with Gasteiger partial charge in [0.15, 0.2) is 0 Å². The van der Waals surface area contributed by atoms with Crippen molar-refractivity contribution in [3.05, 3.63) is 53.1 Å². The zero-order valence-electron chi connectivity index (χ0n) is 12.1. The maximum atomic E-state index is 12.4. The summed E-state index contributed by atoms with van der Waals surface area (Å²) in [5.41, 5.74) is 4.19. The van der Waals surface area contributed by atoms with E-state index < -0.39 is 0 Å². The first-order chi connectivity index (χ1) is 10.3. The molecule has 2 aromatic rings. The molecule has 0 saturated carbocycles. The summed E-state index contributed by atoms with van der Waals surface area (Å²) in [5.74, 6) is 0.0425. The standard InChI is InChI=1S/C16H19N3O2/c1-2-21-11-13-9-17-8-12-10-19(7-5-14(12)13)16(20)15-4-3-6-18-15/h3-4,6,8-9,18H,2,5,7,10-11H2,1H3. The molecule has 0 saturated heterocycles. The molecule has 1 aliphatic rings. The summed E-state index contributed by atoms with van der Waals surface area (Å²) in [4.78, 5) is 21.5. The fourth-order valence-electron chi connectivity index (χ4n) is 2.71. The highest BCUT2D eigenvalue weighted by molar-refractivity contribution is 5.92. The predicted octanol–water partition coefficient (Wildman–Crippen LogP) is 2.14. The Balaban J connectivity index is 1.78. The van der Waals surface area contributed by atoms with Crippen molar-refractivity contribution < 1.29 is 9.53 Å². The van der Waals surface area contributed by atoms with E-state index in [1.54, 1.807) is 6.20 Å². The normalized spacial score (nSPS) is 14.0. The van der Waals surface area contributed by atoms with Gasteiger partial charge in [0.2, 0.25) is 0 Å². The molecule has 110 valence electrons. The maximum Gasteiger partial charge on any atom is 0.270 e. The largest absolute Gasteiger partial charge is 0.377 e. The van der Waals surface area contributed by atoms with Crippen molar-refractivity contribution in [1.82, 2.24) is 14.9 Å². The third-order valence-electron chi connectivity index (χ3n) is 3.81. The number of hydrogen-bond acceptors (Lipinski definition) is 3. The Bertz CT molecular complexity index is 622. The molecule has 3 rings (SSSR count). The molecule has 1 aliphatic heterocycles. The van der Waals surface area contributed by atoms with Gasteiger partial charge in [-0.1, -0.05) is 0 Å². The summed E-state index contributed by atoms with van der Waals surface area (Å²) < 4.78 is 5.49. The average Bonchev–Trinajstić information content (AvgIpc) is 3.06. The van der Waals surface area contributed by atoms with Gasteiger partial charge in [0, 0.05) is 38.3 Å². The Labute approximate surface area is 124 Å². The highest BCUT2D eigenvalue weighted by Gasteiger charge is 2.24. The molecule has 5 nitrogen and oxygen atoms in total. The van der Waals surface area contributed by atoms with E-state index in [-0.39, 0.29) is 5.91 Å². The smallest absolute Gasteiger partial charge is 0.270 e. The third kappa shape index (κ3) is 2.83. The van der Waals surface area contributed by atoms with Crippen LogP contribution in [0.15, 0.2) is 30.7 Å². The van der Waals surface area contributed by atoms with Crippen LogP contribution < -0.4 is 0 Å². The lowest BCUT2D eigenvalue weighted by atomic mass is 9.97. The van der Waals surface area contributed by atoms with Gasteiger partial charge >= 0.3 is 0 Å². The SMILES string of the molecule is CCOCc1cncc2c1CCN(C(=O)c1ccc[nH]1)C2. The first-order valence-electron chi connectivity index (χ1n) is 7.24. The summed E-state index contributed by atoms with van der Waals surface area (Å²) in [5, 5.41) is 0. The van der Waals surface area contributed by atoms with Gasteiger partial charge in [0.05, 0.1) is 6.61 Å². The van der Waals surface area contributed by atoms with E-state index in [0.29, 0.717) is 25.5 Å². The lowest BCUT2D eigenvalue weighted by Crippen LogP contribution is -2.36. The van der Waals surface area contributed by atoms with Crippen molar-refractivity contribution in [2.24, 2.45) is 0 Å². The molecule has 1 N–H and O–H groups in total. The number of amides is 1. The molecule has 1 amide bonds. The van der Waals surface area contributed by atoms with Crippen LogP contribution in [0.1, 0.15) is 34.1 Å². The van der Waals surface area contributed by atoms with Crippen LogP contribution in [0.4, 0.5) is 0 Å². The van der Waals surface area contributed by atoms with E-state index in [2.05, 4.69) is 9.97 Å². The molecule has 0 atom stereocenters. The van der Waals surface area contributed by atoms with E-state index in [1.165, 1.54) is 5.56 Å². The second-order valence-corrected chi connectivity index (χ2v) is 5.13. The minimum atomic E-state index is 0.0425. The molecule has 5 heteroatoms. The summed E-state index contributed by atoms with van der Waals surface area (Å²) >= 11 is 0. The molecule has 2 aromatic heterocycles. The molecule has 0 bridgehead atoms. The van der Waals surface area contributed by atoms with E-state index in [0.717, 1.165) is 24.1 Å². The predicted molar refractivity (Wildman–Crippen MR) is 78.8 cm³/mol. The number of carbonyl (C=O) groups is 1.